The second-order valence-corrected chi connectivity index (χ2v) is 6.20. The third kappa shape index (κ3) is 9.64. The van der Waals surface area contributed by atoms with E-state index in [9.17, 15) is 5.11 Å². The Hall–Kier alpha value is -0.0400. The van der Waals surface area contributed by atoms with E-state index in [-0.39, 0.29) is 6.10 Å². The van der Waals surface area contributed by atoms with E-state index in [0.717, 1.165) is 11.8 Å². The zero-order chi connectivity index (χ0) is 13.3. The van der Waals surface area contributed by atoms with Crippen LogP contribution in [0.5, 0.6) is 0 Å². The highest BCUT2D eigenvalue weighted by Gasteiger charge is 2.09. The summed E-state index contributed by atoms with van der Waals surface area (Å²) in [5.41, 5.74) is 0. The molecule has 17 heavy (non-hydrogen) atoms. The van der Waals surface area contributed by atoms with Crippen LogP contribution < -0.4 is 0 Å². The zero-order valence-electron chi connectivity index (χ0n) is 12.7. The molecule has 0 aliphatic heterocycles. The predicted octanol–water partition coefficient (Wildman–Crippen LogP) is 5.03. The van der Waals surface area contributed by atoms with Crippen molar-refractivity contribution in [1.29, 1.82) is 0 Å². The van der Waals surface area contributed by atoms with E-state index >= 15 is 0 Å². The Balaban J connectivity index is 3.43. The average molecular weight is 242 g/mol. The number of aliphatic hydroxyl groups excluding tert-OH is 1. The molecule has 0 aromatic rings. The van der Waals surface area contributed by atoms with E-state index in [1.807, 2.05) is 6.92 Å². The summed E-state index contributed by atoms with van der Waals surface area (Å²) in [4.78, 5) is 0. The van der Waals surface area contributed by atoms with Crippen LogP contribution in [-0.2, 0) is 0 Å². The Morgan fingerprint density at radius 2 is 1.24 bits per heavy atom. The van der Waals surface area contributed by atoms with Gasteiger partial charge in [0.25, 0.3) is 0 Å². The standard InChI is InChI=1S/C16H34O/c1-6-13(2)9-7-10-14(3)11-8-12-15(4)16(5)17/h13-17H,6-12H2,1-5H3/t13-,14-,15-,16+/m0/s1. The molecule has 0 rings (SSSR count). The first-order chi connectivity index (χ1) is 7.97. The van der Waals surface area contributed by atoms with Crippen molar-refractivity contribution in [3.63, 3.8) is 0 Å². The van der Waals surface area contributed by atoms with Crippen molar-refractivity contribution in [1.82, 2.24) is 0 Å². The van der Waals surface area contributed by atoms with E-state index in [4.69, 9.17) is 0 Å². The van der Waals surface area contributed by atoms with Crippen molar-refractivity contribution >= 4 is 0 Å². The van der Waals surface area contributed by atoms with Crippen molar-refractivity contribution in [3.05, 3.63) is 0 Å². The van der Waals surface area contributed by atoms with Crippen molar-refractivity contribution < 1.29 is 5.11 Å². The lowest BCUT2D eigenvalue weighted by Crippen LogP contribution is -2.13. The highest BCUT2D eigenvalue weighted by atomic mass is 16.3. The molecule has 0 aliphatic rings. The lowest BCUT2D eigenvalue weighted by Gasteiger charge is -2.16. The summed E-state index contributed by atoms with van der Waals surface area (Å²) in [6, 6.07) is 0. The predicted molar refractivity (Wildman–Crippen MR) is 77.2 cm³/mol. The molecule has 0 bridgehead atoms. The largest absolute Gasteiger partial charge is 0.393 e. The summed E-state index contributed by atoms with van der Waals surface area (Å²) in [6.45, 7) is 11.1. The van der Waals surface area contributed by atoms with Crippen LogP contribution in [0.4, 0.5) is 0 Å². The van der Waals surface area contributed by atoms with Gasteiger partial charge in [-0.3, -0.25) is 0 Å². The van der Waals surface area contributed by atoms with Crippen LogP contribution in [0.15, 0.2) is 0 Å². The van der Waals surface area contributed by atoms with Gasteiger partial charge in [0.05, 0.1) is 6.10 Å². The third-order valence-corrected chi connectivity index (χ3v) is 4.27. The van der Waals surface area contributed by atoms with Crippen molar-refractivity contribution in [3.8, 4) is 0 Å². The third-order valence-electron chi connectivity index (χ3n) is 4.27. The summed E-state index contributed by atoms with van der Waals surface area (Å²) in [6.07, 6.45) is 9.12. The monoisotopic (exact) mass is 242 g/mol. The van der Waals surface area contributed by atoms with Gasteiger partial charge in [0, 0.05) is 0 Å². The first kappa shape index (κ1) is 17.0. The number of rotatable bonds is 10. The van der Waals surface area contributed by atoms with Crippen LogP contribution >= 0.6 is 0 Å². The highest BCUT2D eigenvalue weighted by Crippen LogP contribution is 2.20. The van der Waals surface area contributed by atoms with E-state index < -0.39 is 0 Å². The van der Waals surface area contributed by atoms with Gasteiger partial charge in [-0.15, -0.1) is 0 Å². The minimum atomic E-state index is -0.143. The van der Waals surface area contributed by atoms with Gasteiger partial charge in [-0.2, -0.15) is 0 Å². The summed E-state index contributed by atoms with van der Waals surface area (Å²) in [7, 11) is 0. The Labute approximate surface area is 109 Å². The van der Waals surface area contributed by atoms with Gasteiger partial charge in [-0.05, 0) is 31.1 Å². The zero-order valence-corrected chi connectivity index (χ0v) is 12.7. The normalized spacial score (nSPS) is 18.7. The van der Waals surface area contributed by atoms with Crippen molar-refractivity contribution in [2.45, 2.75) is 85.7 Å². The maximum Gasteiger partial charge on any atom is 0.0537 e. The minimum Gasteiger partial charge on any atom is -0.393 e. The second kappa shape index (κ2) is 9.94. The molecule has 1 nitrogen and oxygen atoms in total. The van der Waals surface area contributed by atoms with E-state index in [1.165, 1.54) is 44.9 Å². The maximum atomic E-state index is 9.42. The molecule has 0 saturated carbocycles. The second-order valence-electron chi connectivity index (χ2n) is 6.20. The molecule has 4 atom stereocenters. The molecule has 0 fully saturated rings. The molecule has 0 amide bonds. The van der Waals surface area contributed by atoms with Gasteiger partial charge < -0.3 is 5.11 Å². The Bertz CT molecular complexity index is 165. The fourth-order valence-electron chi connectivity index (χ4n) is 2.19. The van der Waals surface area contributed by atoms with Crippen LogP contribution in [-0.4, -0.2) is 11.2 Å². The van der Waals surface area contributed by atoms with Gasteiger partial charge >= 0.3 is 0 Å². The maximum absolute atomic E-state index is 9.42. The van der Waals surface area contributed by atoms with Gasteiger partial charge in [0.15, 0.2) is 0 Å². The van der Waals surface area contributed by atoms with Crippen LogP contribution in [0, 0.1) is 17.8 Å². The molecule has 0 radical (unpaired) electrons. The lowest BCUT2D eigenvalue weighted by atomic mass is 9.91. The molecule has 0 spiro atoms. The summed E-state index contributed by atoms with van der Waals surface area (Å²) < 4.78 is 0. The molecular formula is C16H34O. The fraction of sp³-hybridized carbons (Fsp3) is 1.00. The van der Waals surface area contributed by atoms with Crippen LogP contribution in [0.25, 0.3) is 0 Å². The van der Waals surface area contributed by atoms with E-state index in [0.29, 0.717) is 5.92 Å². The van der Waals surface area contributed by atoms with E-state index in [1.54, 1.807) is 0 Å². The van der Waals surface area contributed by atoms with Crippen LogP contribution in [0.1, 0.15) is 79.6 Å². The molecular weight excluding hydrogens is 208 g/mol. The van der Waals surface area contributed by atoms with Gasteiger partial charge in [-0.1, -0.05) is 66.2 Å². The molecule has 0 unspecified atom stereocenters. The molecule has 1 heteroatoms. The first-order valence-corrected chi connectivity index (χ1v) is 7.65. The fourth-order valence-corrected chi connectivity index (χ4v) is 2.19. The summed E-state index contributed by atoms with van der Waals surface area (Å²) in [5.74, 6) is 2.22. The molecule has 0 aromatic heterocycles. The summed E-state index contributed by atoms with van der Waals surface area (Å²) >= 11 is 0. The lowest BCUT2D eigenvalue weighted by molar-refractivity contribution is 0.127. The number of hydrogen-bond acceptors (Lipinski definition) is 1. The molecule has 0 heterocycles. The number of aliphatic hydroxyl groups is 1. The van der Waals surface area contributed by atoms with Gasteiger partial charge in [0.1, 0.15) is 0 Å². The minimum absolute atomic E-state index is 0.143. The van der Waals surface area contributed by atoms with Gasteiger partial charge in [0.2, 0.25) is 0 Å². The Kier molecular flexibility index (Phi) is 9.91. The SMILES string of the molecule is CC[C@H](C)CCC[C@H](C)CCC[C@H](C)[C@@H](C)O. The topological polar surface area (TPSA) is 20.2 Å². The summed E-state index contributed by atoms with van der Waals surface area (Å²) in [5, 5.41) is 9.42. The molecule has 0 saturated heterocycles. The van der Waals surface area contributed by atoms with Crippen molar-refractivity contribution in [2.24, 2.45) is 17.8 Å². The Morgan fingerprint density at radius 3 is 1.71 bits per heavy atom. The molecule has 0 aliphatic carbocycles. The molecule has 104 valence electrons. The van der Waals surface area contributed by atoms with Crippen molar-refractivity contribution in [2.75, 3.05) is 0 Å². The van der Waals surface area contributed by atoms with E-state index in [2.05, 4.69) is 27.7 Å². The van der Waals surface area contributed by atoms with Gasteiger partial charge in [-0.25, -0.2) is 0 Å². The quantitative estimate of drug-likeness (QED) is 0.570. The molecule has 1 N–H and O–H groups in total. The van der Waals surface area contributed by atoms with Crippen LogP contribution in [0.3, 0.4) is 0 Å². The average Bonchev–Trinajstić information content (AvgIpc) is 2.28. The molecule has 0 aromatic carbocycles. The van der Waals surface area contributed by atoms with Crippen LogP contribution in [0.2, 0.25) is 0 Å². The number of hydrogen-bond donors (Lipinski definition) is 1. The highest BCUT2D eigenvalue weighted by molar-refractivity contribution is 4.62. The first-order valence-electron chi connectivity index (χ1n) is 7.65. The Morgan fingerprint density at radius 1 is 0.765 bits per heavy atom. The smallest absolute Gasteiger partial charge is 0.0537 e.